The predicted octanol–water partition coefficient (Wildman–Crippen LogP) is 3.11. The van der Waals surface area contributed by atoms with Gasteiger partial charge in [-0.1, -0.05) is 6.07 Å². The average molecular weight is 326 g/mol. The molecule has 1 aliphatic heterocycles. The van der Waals surface area contributed by atoms with Crippen molar-refractivity contribution in [1.29, 1.82) is 0 Å². The summed E-state index contributed by atoms with van der Waals surface area (Å²) in [5.74, 6) is 1.44. The molecule has 2 atom stereocenters. The van der Waals surface area contributed by atoms with Crippen molar-refractivity contribution in [3.63, 3.8) is 0 Å². The molecule has 1 amide bonds. The zero-order valence-electron chi connectivity index (χ0n) is 13.8. The van der Waals surface area contributed by atoms with Gasteiger partial charge in [0, 0.05) is 37.0 Å². The summed E-state index contributed by atoms with van der Waals surface area (Å²) in [5.41, 5.74) is 0.604. The normalized spacial score (nSPS) is 18.9. The number of nitrogens with zero attached hydrogens (tertiary/aromatic N) is 2. The van der Waals surface area contributed by atoms with E-state index in [1.54, 1.807) is 43.6 Å². The first kappa shape index (κ1) is 16.5. The average Bonchev–Trinajstić information content (AvgIpc) is 2.62. The van der Waals surface area contributed by atoms with E-state index in [1.165, 1.54) is 0 Å². The minimum atomic E-state index is -0.387. The lowest BCUT2D eigenvalue weighted by Gasteiger charge is -2.34. The number of aromatic nitrogens is 1. The SMILES string of the molecule is CC(O)C1CCCN(C(=O)c2cccc(Oc3ccncc3)c2)C1. The largest absolute Gasteiger partial charge is 0.457 e. The van der Waals surface area contributed by atoms with Gasteiger partial charge in [-0.25, -0.2) is 0 Å². The van der Waals surface area contributed by atoms with Crippen molar-refractivity contribution in [3.8, 4) is 11.5 Å². The number of ether oxygens (including phenoxy) is 1. The van der Waals surface area contributed by atoms with Gasteiger partial charge in [-0.15, -0.1) is 0 Å². The summed E-state index contributed by atoms with van der Waals surface area (Å²) >= 11 is 0. The Labute approximate surface area is 141 Å². The number of carbonyl (C=O) groups is 1. The van der Waals surface area contributed by atoms with Crippen LogP contribution in [-0.4, -0.2) is 40.1 Å². The number of amides is 1. The summed E-state index contributed by atoms with van der Waals surface area (Å²) in [5, 5.41) is 9.79. The van der Waals surface area contributed by atoms with Crippen LogP contribution in [0.15, 0.2) is 48.8 Å². The Morgan fingerprint density at radius 2 is 2.08 bits per heavy atom. The number of hydrogen-bond acceptors (Lipinski definition) is 4. The third-order valence-electron chi connectivity index (χ3n) is 4.39. The Bertz CT molecular complexity index is 688. The molecule has 1 fully saturated rings. The van der Waals surface area contributed by atoms with Gasteiger partial charge in [-0.3, -0.25) is 9.78 Å². The van der Waals surface area contributed by atoms with E-state index in [9.17, 15) is 9.90 Å². The molecule has 126 valence electrons. The minimum Gasteiger partial charge on any atom is -0.457 e. The van der Waals surface area contributed by atoms with Gasteiger partial charge in [0.05, 0.1) is 6.10 Å². The number of aliphatic hydroxyl groups excluding tert-OH is 1. The highest BCUT2D eigenvalue weighted by Crippen LogP contribution is 2.24. The highest BCUT2D eigenvalue weighted by atomic mass is 16.5. The third-order valence-corrected chi connectivity index (χ3v) is 4.39. The van der Waals surface area contributed by atoms with Crippen LogP contribution in [0.3, 0.4) is 0 Å². The van der Waals surface area contributed by atoms with Crippen LogP contribution in [0.5, 0.6) is 11.5 Å². The van der Waals surface area contributed by atoms with Crippen molar-refractivity contribution >= 4 is 5.91 Å². The number of rotatable bonds is 4. The van der Waals surface area contributed by atoms with E-state index in [2.05, 4.69) is 4.98 Å². The number of carbonyl (C=O) groups excluding carboxylic acids is 1. The highest BCUT2D eigenvalue weighted by Gasteiger charge is 2.27. The van der Waals surface area contributed by atoms with Crippen molar-refractivity contribution in [2.75, 3.05) is 13.1 Å². The summed E-state index contributed by atoms with van der Waals surface area (Å²) in [6.45, 7) is 3.13. The molecule has 1 aliphatic rings. The second-order valence-electron chi connectivity index (χ2n) is 6.21. The molecular formula is C19H22N2O3. The van der Waals surface area contributed by atoms with Crippen molar-refractivity contribution < 1.29 is 14.6 Å². The summed E-state index contributed by atoms with van der Waals surface area (Å²) in [4.78, 5) is 18.5. The first-order valence-corrected chi connectivity index (χ1v) is 8.29. The van der Waals surface area contributed by atoms with Crippen LogP contribution in [0.2, 0.25) is 0 Å². The van der Waals surface area contributed by atoms with Crippen LogP contribution in [0.1, 0.15) is 30.1 Å². The van der Waals surface area contributed by atoms with Gasteiger partial charge in [0.25, 0.3) is 5.91 Å². The minimum absolute atomic E-state index is 0.0134. The molecule has 2 unspecified atom stereocenters. The van der Waals surface area contributed by atoms with Crippen LogP contribution in [0.25, 0.3) is 0 Å². The smallest absolute Gasteiger partial charge is 0.253 e. The van der Waals surface area contributed by atoms with Gasteiger partial charge in [0.15, 0.2) is 0 Å². The summed E-state index contributed by atoms with van der Waals surface area (Å²) in [6.07, 6.45) is 4.82. The van der Waals surface area contributed by atoms with Gasteiger partial charge < -0.3 is 14.7 Å². The first-order chi connectivity index (χ1) is 11.6. The number of piperidine rings is 1. The van der Waals surface area contributed by atoms with E-state index >= 15 is 0 Å². The Morgan fingerprint density at radius 3 is 2.83 bits per heavy atom. The van der Waals surface area contributed by atoms with Crippen LogP contribution in [0.4, 0.5) is 0 Å². The molecule has 0 spiro atoms. The fraction of sp³-hybridized carbons (Fsp3) is 0.368. The zero-order valence-corrected chi connectivity index (χ0v) is 13.8. The van der Waals surface area contributed by atoms with Gasteiger partial charge in [0.2, 0.25) is 0 Å². The topological polar surface area (TPSA) is 62.7 Å². The van der Waals surface area contributed by atoms with Crippen molar-refractivity contribution in [2.45, 2.75) is 25.9 Å². The van der Waals surface area contributed by atoms with E-state index in [0.717, 1.165) is 19.4 Å². The van der Waals surface area contributed by atoms with E-state index in [-0.39, 0.29) is 17.9 Å². The maximum atomic E-state index is 12.8. The van der Waals surface area contributed by atoms with E-state index in [4.69, 9.17) is 4.74 Å². The fourth-order valence-corrected chi connectivity index (χ4v) is 3.01. The van der Waals surface area contributed by atoms with E-state index in [1.807, 2.05) is 17.0 Å². The number of pyridine rings is 1. The summed E-state index contributed by atoms with van der Waals surface area (Å²) in [6, 6.07) is 10.7. The van der Waals surface area contributed by atoms with Gasteiger partial charge >= 0.3 is 0 Å². The van der Waals surface area contributed by atoms with Crippen LogP contribution in [0, 0.1) is 5.92 Å². The van der Waals surface area contributed by atoms with Crippen molar-refractivity contribution in [3.05, 3.63) is 54.4 Å². The Balaban J connectivity index is 1.72. The second-order valence-corrected chi connectivity index (χ2v) is 6.21. The maximum Gasteiger partial charge on any atom is 0.253 e. The van der Waals surface area contributed by atoms with Crippen LogP contribution >= 0.6 is 0 Å². The predicted molar refractivity (Wildman–Crippen MR) is 91.1 cm³/mol. The lowest BCUT2D eigenvalue weighted by molar-refractivity contribution is 0.0466. The quantitative estimate of drug-likeness (QED) is 0.938. The Morgan fingerprint density at radius 1 is 1.29 bits per heavy atom. The maximum absolute atomic E-state index is 12.8. The first-order valence-electron chi connectivity index (χ1n) is 8.29. The monoisotopic (exact) mass is 326 g/mol. The third kappa shape index (κ3) is 3.92. The standard InChI is InChI=1S/C19H22N2O3/c1-14(22)16-5-3-11-21(13-16)19(23)15-4-2-6-18(12-15)24-17-7-9-20-10-8-17/h2,4,6-10,12,14,16,22H,3,5,11,13H2,1H3. The van der Waals surface area contributed by atoms with Crippen LogP contribution in [-0.2, 0) is 0 Å². The highest BCUT2D eigenvalue weighted by molar-refractivity contribution is 5.94. The molecule has 5 nitrogen and oxygen atoms in total. The van der Waals surface area contributed by atoms with E-state index in [0.29, 0.717) is 23.6 Å². The van der Waals surface area contributed by atoms with E-state index < -0.39 is 0 Å². The molecule has 5 heteroatoms. The Hall–Kier alpha value is -2.40. The zero-order chi connectivity index (χ0) is 16.9. The molecule has 1 aromatic heterocycles. The molecule has 1 N–H and O–H groups in total. The van der Waals surface area contributed by atoms with Crippen molar-refractivity contribution in [1.82, 2.24) is 9.88 Å². The lowest BCUT2D eigenvalue weighted by atomic mass is 9.93. The molecule has 2 heterocycles. The van der Waals surface area contributed by atoms with Gasteiger partial charge in [-0.2, -0.15) is 0 Å². The number of hydrogen-bond donors (Lipinski definition) is 1. The molecule has 0 radical (unpaired) electrons. The van der Waals surface area contributed by atoms with Gasteiger partial charge in [-0.05, 0) is 50.1 Å². The summed E-state index contributed by atoms with van der Waals surface area (Å²) < 4.78 is 5.77. The molecule has 2 aromatic rings. The number of aliphatic hydroxyl groups is 1. The van der Waals surface area contributed by atoms with Gasteiger partial charge in [0.1, 0.15) is 11.5 Å². The van der Waals surface area contributed by atoms with Crippen molar-refractivity contribution in [2.24, 2.45) is 5.92 Å². The molecule has 1 aromatic carbocycles. The van der Waals surface area contributed by atoms with Crippen LogP contribution < -0.4 is 4.74 Å². The molecule has 0 bridgehead atoms. The molecule has 3 rings (SSSR count). The second kappa shape index (κ2) is 7.45. The number of likely N-dealkylation sites (tertiary alicyclic amines) is 1. The Kier molecular flexibility index (Phi) is 5.11. The number of benzene rings is 1. The summed E-state index contributed by atoms with van der Waals surface area (Å²) in [7, 11) is 0. The molecule has 0 saturated carbocycles. The molecular weight excluding hydrogens is 304 g/mol. The lowest BCUT2D eigenvalue weighted by Crippen LogP contribution is -2.42. The molecule has 24 heavy (non-hydrogen) atoms. The molecule has 0 aliphatic carbocycles. The fourth-order valence-electron chi connectivity index (χ4n) is 3.01. The molecule has 1 saturated heterocycles.